The van der Waals surface area contributed by atoms with E-state index in [2.05, 4.69) is 30.3 Å². The number of hydrogen-bond donors (Lipinski definition) is 1. The summed E-state index contributed by atoms with van der Waals surface area (Å²) in [6, 6.07) is 32.7. The van der Waals surface area contributed by atoms with Crippen LogP contribution in [0.1, 0.15) is 36.0 Å². The van der Waals surface area contributed by atoms with Gasteiger partial charge in [0, 0.05) is 6.61 Å². The van der Waals surface area contributed by atoms with E-state index in [4.69, 9.17) is 18.9 Å². The number of hydrogen-bond acceptors (Lipinski definition) is 7. The standard InChI is InChI=1S/C35H36O8/c36-31(37)25-41-33(35(39)43-24-28-15-6-2-7-16-28)32(34(38)42-23-27-13-4-1-5-14-27)40-21-11-3-8-12-26-19-20-29-17-9-10-18-30(29)22-26/h1-2,4-7,9-10,13-20,22,32-33H,3,8,11-12,21,23-25H2,(H,36,37)/t32-,33-/m1/s1. The van der Waals surface area contributed by atoms with Crippen LogP contribution in [0.2, 0.25) is 0 Å². The molecule has 0 radical (unpaired) electrons. The fourth-order valence-corrected chi connectivity index (χ4v) is 4.55. The third-order valence-electron chi connectivity index (χ3n) is 6.79. The lowest BCUT2D eigenvalue weighted by molar-refractivity contribution is -0.187. The van der Waals surface area contributed by atoms with Gasteiger partial charge in [-0.2, -0.15) is 0 Å². The van der Waals surface area contributed by atoms with Crippen LogP contribution in [0.25, 0.3) is 10.8 Å². The molecule has 0 aromatic heterocycles. The number of unbranched alkanes of at least 4 members (excludes halogenated alkanes) is 2. The monoisotopic (exact) mass is 584 g/mol. The van der Waals surface area contributed by atoms with Crippen molar-refractivity contribution in [2.24, 2.45) is 0 Å². The summed E-state index contributed by atoms with van der Waals surface area (Å²) >= 11 is 0. The van der Waals surface area contributed by atoms with Crippen molar-refractivity contribution in [3.8, 4) is 0 Å². The van der Waals surface area contributed by atoms with Crippen molar-refractivity contribution in [1.29, 1.82) is 0 Å². The molecule has 0 saturated heterocycles. The lowest BCUT2D eigenvalue weighted by atomic mass is 10.0. The normalized spacial score (nSPS) is 12.4. The molecular weight excluding hydrogens is 548 g/mol. The summed E-state index contributed by atoms with van der Waals surface area (Å²) in [5.41, 5.74) is 2.71. The quantitative estimate of drug-likeness (QED) is 0.121. The number of esters is 2. The molecule has 8 heteroatoms. The molecule has 0 saturated carbocycles. The van der Waals surface area contributed by atoms with Gasteiger partial charge < -0.3 is 24.1 Å². The molecule has 4 aromatic rings. The maximum absolute atomic E-state index is 13.2. The maximum Gasteiger partial charge on any atom is 0.339 e. The topological polar surface area (TPSA) is 108 Å². The van der Waals surface area contributed by atoms with Crippen LogP contribution in [0.3, 0.4) is 0 Å². The highest BCUT2D eigenvalue weighted by molar-refractivity contribution is 5.86. The first-order chi connectivity index (χ1) is 21.0. The van der Waals surface area contributed by atoms with Crippen LogP contribution in [0, 0.1) is 0 Å². The van der Waals surface area contributed by atoms with Crippen molar-refractivity contribution < 1.29 is 38.4 Å². The van der Waals surface area contributed by atoms with Crippen LogP contribution in [0.15, 0.2) is 103 Å². The van der Waals surface area contributed by atoms with E-state index in [1.165, 1.54) is 16.3 Å². The van der Waals surface area contributed by atoms with Gasteiger partial charge in [0.1, 0.15) is 19.8 Å². The summed E-state index contributed by atoms with van der Waals surface area (Å²) in [5, 5.41) is 11.6. The van der Waals surface area contributed by atoms with E-state index in [9.17, 15) is 19.5 Å². The molecule has 0 aliphatic heterocycles. The van der Waals surface area contributed by atoms with Gasteiger partial charge >= 0.3 is 17.9 Å². The molecule has 4 aromatic carbocycles. The van der Waals surface area contributed by atoms with E-state index in [1.54, 1.807) is 36.4 Å². The number of carbonyl (C=O) groups excluding carboxylic acids is 2. The summed E-state index contributed by atoms with van der Waals surface area (Å²) < 4.78 is 22.1. The number of carbonyl (C=O) groups is 3. The molecule has 43 heavy (non-hydrogen) atoms. The molecule has 0 amide bonds. The summed E-state index contributed by atoms with van der Waals surface area (Å²) in [6.45, 7) is -0.798. The van der Waals surface area contributed by atoms with Crippen LogP contribution in [0.5, 0.6) is 0 Å². The number of ether oxygens (including phenoxy) is 4. The first-order valence-electron chi connectivity index (χ1n) is 14.3. The molecule has 0 heterocycles. The smallest absolute Gasteiger partial charge is 0.339 e. The average molecular weight is 585 g/mol. The number of carboxylic acids is 1. The minimum absolute atomic E-state index is 0.0456. The Morgan fingerprint density at radius 2 is 1.14 bits per heavy atom. The van der Waals surface area contributed by atoms with E-state index < -0.39 is 36.7 Å². The average Bonchev–Trinajstić information content (AvgIpc) is 3.04. The number of benzene rings is 4. The Morgan fingerprint density at radius 3 is 1.74 bits per heavy atom. The molecule has 1 N–H and O–H groups in total. The highest BCUT2D eigenvalue weighted by Crippen LogP contribution is 2.18. The maximum atomic E-state index is 13.2. The van der Waals surface area contributed by atoms with Gasteiger partial charge in [0.25, 0.3) is 0 Å². The summed E-state index contributed by atoms with van der Waals surface area (Å²) in [5.74, 6) is -3.05. The second-order valence-electron chi connectivity index (χ2n) is 10.1. The minimum Gasteiger partial charge on any atom is -0.480 e. The van der Waals surface area contributed by atoms with Gasteiger partial charge in [-0.05, 0) is 46.7 Å². The van der Waals surface area contributed by atoms with Crippen molar-refractivity contribution in [2.45, 2.75) is 51.1 Å². The van der Waals surface area contributed by atoms with Crippen LogP contribution >= 0.6 is 0 Å². The lowest BCUT2D eigenvalue weighted by Gasteiger charge is -2.24. The Kier molecular flexibility index (Phi) is 12.3. The number of fused-ring (bicyclic) bond motifs is 1. The van der Waals surface area contributed by atoms with Gasteiger partial charge in [-0.25, -0.2) is 14.4 Å². The molecule has 2 atom stereocenters. The third kappa shape index (κ3) is 10.4. The van der Waals surface area contributed by atoms with Crippen molar-refractivity contribution in [3.63, 3.8) is 0 Å². The predicted octanol–water partition coefficient (Wildman–Crippen LogP) is 5.89. The molecule has 0 unspecified atom stereocenters. The van der Waals surface area contributed by atoms with Crippen molar-refractivity contribution in [3.05, 3.63) is 120 Å². The highest BCUT2D eigenvalue weighted by Gasteiger charge is 2.39. The molecule has 0 aliphatic rings. The SMILES string of the molecule is O=C(O)CO[C@@H](C(=O)OCc1ccccc1)[C@@H](OCCCCCc1ccc2ccccc2c1)C(=O)OCc1ccccc1. The van der Waals surface area contributed by atoms with Gasteiger partial charge in [-0.3, -0.25) is 0 Å². The van der Waals surface area contributed by atoms with Crippen LogP contribution < -0.4 is 0 Å². The fourth-order valence-electron chi connectivity index (χ4n) is 4.55. The fraction of sp³-hybridized carbons (Fsp3) is 0.286. The Hall–Kier alpha value is -4.53. The number of aryl methyl sites for hydroxylation is 1. The molecular formula is C35H36O8. The van der Waals surface area contributed by atoms with Gasteiger partial charge in [0.05, 0.1) is 0 Å². The zero-order chi connectivity index (χ0) is 30.3. The molecule has 0 aliphatic carbocycles. The van der Waals surface area contributed by atoms with Crippen LogP contribution in [-0.4, -0.2) is 48.4 Å². The second-order valence-corrected chi connectivity index (χ2v) is 10.1. The Balaban J connectivity index is 1.37. The van der Waals surface area contributed by atoms with Crippen molar-refractivity contribution in [2.75, 3.05) is 13.2 Å². The van der Waals surface area contributed by atoms with Crippen LogP contribution in [-0.2, 0) is 53.0 Å². The van der Waals surface area contributed by atoms with Crippen LogP contribution in [0.4, 0.5) is 0 Å². The summed E-state index contributed by atoms with van der Waals surface area (Å²) in [4.78, 5) is 37.6. The van der Waals surface area contributed by atoms with E-state index in [0.29, 0.717) is 6.42 Å². The highest BCUT2D eigenvalue weighted by atomic mass is 16.6. The first kappa shape index (κ1) is 31.4. The van der Waals surface area contributed by atoms with E-state index in [0.717, 1.165) is 30.4 Å². The Morgan fingerprint density at radius 1 is 0.581 bits per heavy atom. The zero-order valence-corrected chi connectivity index (χ0v) is 23.9. The zero-order valence-electron chi connectivity index (χ0n) is 23.9. The van der Waals surface area contributed by atoms with E-state index in [-0.39, 0.29) is 19.8 Å². The second kappa shape index (κ2) is 16.8. The largest absolute Gasteiger partial charge is 0.480 e. The number of aliphatic carboxylic acids is 1. The Labute approximate surface area is 251 Å². The minimum atomic E-state index is -1.62. The third-order valence-corrected chi connectivity index (χ3v) is 6.79. The predicted molar refractivity (Wildman–Crippen MR) is 161 cm³/mol. The number of rotatable bonds is 17. The van der Waals surface area contributed by atoms with E-state index >= 15 is 0 Å². The summed E-state index contributed by atoms with van der Waals surface area (Å²) in [6.07, 6.45) is 0.0951. The lowest BCUT2D eigenvalue weighted by Crippen LogP contribution is -2.46. The Bertz CT molecular complexity index is 1450. The molecule has 0 bridgehead atoms. The van der Waals surface area contributed by atoms with Crippen molar-refractivity contribution in [1.82, 2.24) is 0 Å². The van der Waals surface area contributed by atoms with Gasteiger partial charge in [-0.15, -0.1) is 0 Å². The molecule has 0 spiro atoms. The van der Waals surface area contributed by atoms with Gasteiger partial charge in [0.15, 0.2) is 12.2 Å². The van der Waals surface area contributed by atoms with Gasteiger partial charge in [-0.1, -0.05) is 110 Å². The molecule has 224 valence electrons. The first-order valence-corrected chi connectivity index (χ1v) is 14.3. The number of carboxylic acid groups (broad SMARTS) is 1. The van der Waals surface area contributed by atoms with E-state index in [1.807, 2.05) is 36.4 Å². The molecule has 4 rings (SSSR count). The molecule has 8 nitrogen and oxygen atoms in total. The summed E-state index contributed by atoms with van der Waals surface area (Å²) in [7, 11) is 0. The molecule has 0 fully saturated rings. The van der Waals surface area contributed by atoms with Gasteiger partial charge in [0.2, 0.25) is 0 Å². The van der Waals surface area contributed by atoms with Crippen molar-refractivity contribution >= 4 is 28.7 Å².